The summed E-state index contributed by atoms with van der Waals surface area (Å²) in [6, 6.07) is 13.8. The number of sulfonamides is 1. The number of urea groups is 1. The topological polar surface area (TPSA) is 118 Å². The molecule has 2 aromatic carbocycles. The van der Waals surface area contributed by atoms with Crippen molar-refractivity contribution in [2.24, 2.45) is 0 Å². The molecule has 4 rings (SSSR count). The minimum atomic E-state index is -4.06. The van der Waals surface area contributed by atoms with Crippen molar-refractivity contribution in [3.63, 3.8) is 0 Å². The van der Waals surface area contributed by atoms with E-state index in [0.29, 0.717) is 23.6 Å². The minimum Gasteiger partial charge on any atom is -0.334 e. The van der Waals surface area contributed by atoms with Gasteiger partial charge in [-0.15, -0.1) is 0 Å². The number of aromatic nitrogens is 3. The van der Waals surface area contributed by atoms with Gasteiger partial charge in [0, 0.05) is 36.5 Å². The highest BCUT2D eigenvalue weighted by atomic mass is 32.2. The van der Waals surface area contributed by atoms with E-state index >= 15 is 0 Å². The number of nitrogens with one attached hydrogen (secondary N) is 3. The lowest BCUT2D eigenvalue weighted by molar-refractivity contribution is 0.251. The second-order valence-corrected chi connectivity index (χ2v) is 9.36. The number of carbonyl (C=O) groups is 1. The number of rotatable bonds is 8. The van der Waals surface area contributed by atoms with Gasteiger partial charge in [0.05, 0.1) is 17.7 Å². The van der Waals surface area contributed by atoms with Crippen LogP contribution < -0.4 is 15.4 Å². The Morgan fingerprint density at radius 3 is 2.49 bits per heavy atom. The van der Waals surface area contributed by atoms with E-state index in [1.165, 1.54) is 30.6 Å². The first kappa shape index (κ1) is 23.9. The minimum absolute atomic E-state index is 0.0815. The zero-order valence-electron chi connectivity index (χ0n) is 18.8. The van der Waals surface area contributed by atoms with Gasteiger partial charge in [0.1, 0.15) is 11.6 Å². The maximum atomic E-state index is 13.3. The van der Waals surface area contributed by atoms with Gasteiger partial charge in [-0.3, -0.25) is 9.71 Å². The molecule has 0 fully saturated rings. The van der Waals surface area contributed by atoms with Crippen LogP contribution >= 0.6 is 0 Å². The highest BCUT2D eigenvalue weighted by Crippen LogP contribution is 2.26. The second-order valence-electron chi connectivity index (χ2n) is 7.71. The van der Waals surface area contributed by atoms with Crippen LogP contribution in [0.4, 0.5) is 20.6 Å². The Morgan fingerprint density at radius 1 is 1.06 bits per heavy atom. The third-order valence-corrected chi connectivity index (χ3v) is 6.44. The van der Waals surface area contributed by atoms with Crippen LogP contribution in [-0.4, -0.2) is 29.0 Å². The Kier molecular flexibility index (Phi) is 7.06. The summed E-state index contributed by atoms with van der Waals surface area (Å²) in [6.45, 7) is 1.30. The number of amides is 2. The van der Waals surface area contributed by atoms with E-state index in [2.05, 4.69) is 25.3 Å². The molecule has 9 nitrogen and oxygen atoms in total. The van der Waals surface area contributed by atoms with E-state index in [4.69, 9.17) is 0 Å². The molecule has 2 heterocycles. The molecule has 0 aliphatic rings. The molecular weight excluding hydrogens is 471 g/mol. The predicted molar refractivity (Wildman–Crippen MR) is 130 cm³/mol. The SMILES string of the molecule is Cc1cn(-c2ccc(CF)cc2S(=O)(=O)Nc2ccc(NC(=O)NCc3cccnc3)cc2)cn1. The summed E-state index contributed by atoms with van der Waals surface area (Å²) < 4.78 is 43.8. The number of carbonyl (C=O) groups excluding carboxylic acids is 1. The monoisotopic (exact) mass is 494 g/mol. The van der Waals surface area contributed by atoms with Crippen molar-refractivity contribution in [2.75, 3.05) is 10.0 Å². The Balaban J connectivity index is 1.47. The number of aryl methyl sites for hydroxylation is 1. The van der Waals surface area contributed by atoms with Gasteiger partial charge < -0.3 is 15.2 Å². The molecule has 0 bridgehead atoms. The lowest BCUT2D eigenvalue weighted by atomic mass is 10.2. The quantitative estimate of drug-likeness (QED) is 0.340. The average molecular weight is 495 g/mol. The molecule has 0 atom stereocenters. The van der Waals surface area contributed by atoms with E-state index in [1.54, 1.807) is 54.3 Å². The van der Waals surface area contributed by atoms with Gasteiger partial charge in [0.25, 0.3) is 10.0 Å². The summed E-state index contributed by atoms with van der Waals surface area (Å²) in [4.78, 5) is 20.2. The van der Waals surface area contributed by atoms with Gasteiger partial charge in [-0.05, 0) is 60.5 Å². The molecule has 2 aromatic heterocycles. The van der Waals surface area contributed by atoms with Crippen molar-refractivity contribution in [3.05, 3.63) is 96.3 Å². The number of alkyl halides is 1. The van der Waals surface area contributed by atoms with Crippen molar-refractivity contribution >= 4 is 27.4 Å². The number of hydrogen-bond acceptors (Lipinski definition) is 5. The largest absolute Gasteiger partial charge is 0.334 e. The molecular formula is C24H23FN6O3S. The number of halogens is 1. The third kappa shape index (κ3) is 6.01. The number of pyridine rings is 1. The van der Waals surface area contributed by atoms with Gasteiger partial charge in [-0.2, -0.15) is 0 Å². The van der Waals surface area contributed by atoms with E-state index in [9.17, 15) is 17.6 Å². The fourth-order valence-electron chi connectivity index (χ4n) is 3.32. The maximum Gasteiger partial charge on any atom is 0.319 e. The zero-order valence-corrected chi connectivity index (χ0v) is 19.6. The Hall–Kier alpha value is -4.25. The molecule has 0 saturated carbocycles. The first-order chi connectivity index (χ1) is 16.8. The van der Waals surface area contributed by atoms with E-state index in [0.717, 1.165) is 5.56 Å². The number of hydrogen-bond donors (Lipinski definition) is 3. The Bertz CT molecular complexity index is 1420. The second kappa shape index (κ2) is 10.3. The highest BCUT2D eigenvalue weighted by molar-refractivity contribution is 7.92. The average Bonchev–Trinajstić information content (AvgIpc) is 3.30. The molecule has 35 heavy (non-hydrogen) atoms. The molecule has 0 aliphatic heterocycles. The van der Waals surface area contributed by atoms with Crippen molar-refractivity contribution in [2.45, 2.75) is 25.0 Å². The van der Waals surface area contributed by atoms with Crippen LogP contribution in [0.2, 0.25) is 0 Å². The molecule has 0 aliphatic carbocycles. The van der Waals surface area contributed by atoms with E-state index in [-0.39, 0.29) is 16.1 Å². The number of anilines is 2. The smallest absolute Gasteiger partial charge is 0.319 e. The Labute approximate surface area is 202 Å². The molecule has 11 heteroatoms. The molecule has 0 radical (unpaired) electrons. The van der Waals surface area contributed by atoms with Gasteiger partial charge in [0.2, 0.25) is 0 Å². The Morgan fingerprint density at radius 2 is 1.83 bits per heavy atom. The van der Waals surface area contributed by atoms with E-state index in [1.807, 2.05) is 6.07 Å². The van der Waals surface area contributed by atoms with Crippen molar-refractivity contribution in [1.82, 2.24) is 19.9 Å². The molecule has 2 amide bonds. The fourth-order valence-corrected chi connectivity index (χ4v) is 4.63. The number of nitrogens with zero attached hydrogens (tertiary/aromatic N) is 3. The van der Waals surface area contributed by atoms with Crippen LogP contribution in [0.3, 0.4) is 0 Å². The van der Waals surface area contributed by atoms with Gasteiger partial charge in [0.15, 0.2) is 0 Å². The third-order valence-electron chi connectivity index (χ3n) is 5.03. The van der Waals surface area contributed by atoms with Crippen molar-refractivity contribution in [1.29, 1.82) is 0 Å². The number of imidazole rings is 1. The molecule has 0 saturated heterocycles. The molecule has 0 spiro atoms. The van der Waals surface area contributed by atoms with Crippen LogP contribution in [0.5, 0.6) is 0 Å². The van der Waals surface area contributed by atoms with Crippen LogP contribution in [-0.2, 0) is 23.2 Å². The van der Waals surface area contributed by atoms with Crippen LogP contribution in [0, 0.1) is 6.92 Å². The van der Waals surface area contributed by atoms with Crippen molar-refractivity contribution in [3.8, 4) is 5.69 Å². The molecule has 180 valence electrons. The lowest BCUT2D eigenvalue weighted by Gasteiger charge is -2.14. The summed E-state index contributed by atoms with van der Waals surface area (Å²) in [6.07, 6.45) is 6.49. The summed E-state index contributed by atoms with van der Waals surface area (Å²) in [5.74, 6) is 0. The maximum absolute atomic E-state index is 13.3. The van der Waals surface area contributed by atoms with E-state index < -0.39 is 22.7 Å². The zero-order chi connectivity index (χ0) is 24.8. The van der Waals surface area contributed by atoms with Gasteiger partial charge in [-0.1, -0.05) is 12.1 Å². The predicted octanol–water partition coefficient (Wildman–Crippen LogP) is 4.17. The van der Waals surface area contributed by atoms with Gasteiger partial charge >= 0.3 is 6.03 Å². The van der Waals surface area contributed by atoms with Crippen LogP contribution in [0.15, 0.2) is 84.4 Å². The summed E-state index contributed by atoms with van der Waals surface area (Å²) in [5.41, 5.74) is 2.91. The highest BCUT2D eigenvalue weighted by Gasteiger charge is 2.21. The van der Waals surface area contributed by atoms with Crippen LogP contribution in [0.1, 0.15) is 16.8 Å². The van der Waals surface area contributed by atoms with Gasteiger partial charge in [-0.25, -0.2) is 22.6 Å². The normalized spacial score (nSPS) is 11.1. The van der Waals surface area contributed by atoms with Crippen LogP contribution in [0.25, 0.3) is 5.69 Å². The molecule has 3 N–H and O–H groups in total. The fraction of sp³-hybridized carbons (Fsp3) is 0.125. The molecule has 4 aromatic rings. The lowest BCUT2D eigenvalue weighted by Crippen LogP contribution is -2.28. The van der Waals surface area contributed by atoms with Crippen molar-refractivity contribution < 1.29 is 17.6 Å². The first-order valence-electron chi connectivity index (χ1n) is 10.6. The number of benzene rings is 2. The standard InChI is InChI=1S/C24H23FN6O3S/c1-17-15-31(16-28-17)22-9-4-18(12-25)11-23(22)35(33,34)30-21-7-5-20(6-8-21)29-24(32)27-14-19-3-2-10-26-13-19/h2-11,13,15-16,30H,12,14H2,1H3,(H2,27,29,32). The molecule has 0 unspecified atom stereocenters. The summed E-state index contributed by atoms with van der Waals surface area (Å²) >= 11 is 0. The first-order valence-corrected chi connectivity index (χ1v) is 12.1. The summed E-state index contributed by atoms with van der Waals surface area (Å²) in [7, 11) is -4.06. The summed E-state index contributed by atoms with van der Waals surface area (Å²) in [5, 5.41) is 5.40.